The average molecular weight is 464 g/mol. The van der Waals surface area contributed by atoms with E-state index in [9.17, 15) is 13.2 Å². The van der Waals surface area contributed by atoms with Crippen molar-refractivity contribution in [1.29, 1.82) is 0 Å². The predicted octanol–water partition coefficient (Wildman–Crippen LogP) is 4.46. The second kappa shape index (κ2) is 11.3. The first-order chi connectivity index (χ1) is 14.5. The maximum Gasteiger partial charge on any atom is 0.297 e. The molecule has 0 radical (unpaired) electrons. The number of hydrogen-bond donors (Lipinski definition) is 0. The summed E-state index contributed by atoms with van der Waals surface area (Å²) >= 11 is -0.139. The van der Waals surface area contributed by atoms with Gasteiger partial charge in [-0.15, -0.1) is 17.4 Å². The van der Waals surface area contributed by atoms with Crippen molar-refractivity contribution in [3.05, 3.63) is 36.0 Å². The monoisotopic (exact) mass is 463 g/mol. The van der Waals surface area contributed by atoms with Gasteiger partial charge in [0.2, 0.25) is 0 Å². The molecule has 0 unspecified atom stereocenters. The second-order valence-electron chi connectivity index (χ2n) is 8.67. The topological polar surface area (TPSA) is 81.5 Å². The summed E-state index contributed by atoms with van der Waals surface area (Å²) in [6.07, 6.45) is 6.71. The number of aromatic nitrogens is 2. The molecule has 1 heterocycles. The van der Waals surface area contributed by atoms with E-state index < -0.39 is 9.84 Å². The highest BCUT2D eigenvalue weighted by atomic mass is 32.2. The number of hydroxylamine groups is 2. The molecule has 0 spiro atoms. The molecule has 1 aromatic heterocycles. The van der Waals surface area contributed by atoms with Gasteiger partial charge in [0, 0.05) is 13.3 Å². The van der Waals surface area contributed by atoms with E-state index in [1.54, 1.807) is 37.4 Å². The van der Waals surface area contributed by atoms with Crippen molar-refractivity contribution in [2.24, 2.45) is 0 Å². The predicted molar refractivity (Wildman–Crippen MR) is 125 cm³/mol. The lowest BCUT2D eigenvalue weighted by atomic mass is 9.95. The normalized spacial score (nSPS) is 14.5. The summed E-state index contributed by atoms with van der Waals surface area (Å²) in [7, 11) is -0.279. The molecule has 31 heavy (non-hydrogen) atoms. The minimum absolute atomic E-state index is 0.139. The van der Waals surface area contributed by atoms with E-state index in [0.29, 0.717) is 5.69 Å². The molecule has 170 valence electrons. The molecule has 1 aliphatic carbocycles. The van der Waals surface area contributed by atoms with E-state index in [1.807, 2.05) is 4.68 Å². The van der Waals surface area contributed by atoms with Crippen molar-refractivity contribution >= 4 is 29.9 Å². The summed E-state index contributed by atoms with van der Waals surface area (Å²) in [5.41, 5.74) is 1.96. The van der Waals surface area contributed by atoms with Crippen LogP contribution in [0.2, 0.25) is 17.4 Å². The lowest BCUT2D eigenvalue weighted by Gasteiger charge is -2.24. The number of sulfone groups is 1. The third-order valence-electron chi connectivity index (χ3n) is 5.01. The molecule has 1 fully saturated rings. The summed E-state index contributed by atoms with van der Waals surface area (Å²) in [5.74, 6) is 6.60. The van der Waals surface area contributed by atoms with Crippen LogP contribution in [-0.2, 0) is 14.7 Å². The Morgan fingerprint density at radius 3 is 2.16 bits per heavy atom. The molecular formula is C22H34AlN3O4S. The molecule has 3 rings (SSSR count). The highest BCUT2D eigenvalue weighted by Crippen LogP contribution is 2.33. The number of carbonyl (C=O) groups excluding carboxylic acids is 1. The molecule has 0 N–H and O–H groups in total. The van der Waals surface area contributed by atoms with Gasteiger partial charge in [0.25, 0.3) is 20.1 Å². The lowest BCUT2D eigenvalue weighted by molar-refractivity contribution is -0.0761. The van der Waals surface area contributed by atoms with Gasteiger partial charge in [0.1, 0.15) is 0 Å². The van der Waals surface area contributed by atoms with Crippen LogP contribution in [0.4, 0.5) is 0 Å². The van der Waals surface area contributed by atoms with Crippen LogP contribution in [-0.4, -0.2) is 63.7 Å². The summed E-state index contributed by atoms with van der Waals surface area (Å²) in [6, 6.07) is 8.69. The van der Waals surface area contributed by atoms with E-state index in [0.717, 1.165) is 42.0 Å². The second-order valence-corrected chi connectivity index (χ2v) is 14.1. The molecule has 0 bridgehead atoms. The molecule has 0 aliphatic heterocycles. The fraction of sp³-hybridized carbons (Fsp3) is 0.545. The Hall–Kier alpha value is -1.66. The van der Waals surface area contributed by atoms with Crippen LogP contribution < -0.4 is 0 Å². The maximum atomic E-state index is 12.5. The molecule has 1 amide bonds. The van der Waals surface area contributed by atoms with E-state index in [-0.39, 0.29) is 31.0 Å². The Bertz CT molecular complexity index is 962. The number of nitrogens with zero attached hydrogens (tertiary/aromatic N) is 3. The van der Waals surface area contributed by atoms with Gasteiger partial charge in [0.15, 0.2) is 15.5 Å². The van der Waals surface area contributed by atoms with Gasteiger partial charge < -0.3 is 0 Å². The first-order valence-corrected chi connectivity index (χ1v) is 16.1. The van der Waals surface area contributed by atoms with Crippen LogP contribution in [0.5, 0.6) is 0 Å². The Balaban J connectivity index is 0.000000785. The van der Waals surface area contributed by atoms with E-state index in [1.165, 1.54) is 19.8 Å². The summed E-state index contributed by atoms with van der Waals surface area (Å²) < 4.78 is 25.4. The third-order valence-corrected chi connectivity index (χ3v) is 6.14. The molecule has 1 saturated carbocycles. The van der Waals surface area contributed by atoms with E-state index in [4.69, 9.17) is 4.84 Å². The van der Waals surface area contributed by atoms with Gasteiger partial charge in [-0.3, -0.25) is 14.3 Å². The zero-order chi connectivity index (χ0) is 23.2. The zero-order valence-electron chi connectivity index (χ0n) is 19.5. The quantitative estimate of drug-likeness (QED) is 0.483. The minimum atomic E-state index is -3.25. The average Bonchev–Trinajstić information content (AvgIpc) is 3.18. The van der Waals surface area contributed by atoms with Crippen molar-refractivity contribution in [2.45, 2.75) is 60.4 Å². The Kier molecular flexibility index (Phi) is 9.32. The fourth-order valence-electron chi connectivity index (χ4n) is 3.44. The van der Waals surface area contributed by atoms with E-state index in [2.05, 4.69) is 22.5 Å². The molecule has 1 aromatic carbocycles. The summed E-state index contributed by atoms with van der Waals surface area (Å²) in [5, 5.41) is 5.72. The van der Waals surface area contributed by atoms with Gasteiger partial charge in [0.05, 0.1) is 23.7 Å². The maximum absolute atomic E-state index is 12.5. The number of rotatable bonds is 5. The van der Waals surface area contributed by atoms with Gasteiger partial charge in [-0.2, -0.15) is 5.10 Å². The van der Waals surface area contributed by atoms with Crippen LogP contribution in [0.15, 0.2) is 35.2 Å². The minimum Gasteiger partial charge on any atom is -0.274 e. The molecule has 9 heteroatoms. The van der Waals surface area contributed by atoms with Crippen molar-refractivity contribution in [1.82, 2.24) is 14.8 Å². The first-order valence-electron chi connectivity index (χ1n) is 10.8. The van der Waals surface area contributed by atoms with Gasteiger partial charge in [-0.1, -0.05) is 31.4 Å². The Labute approximate surface area is 190 Å². The number of benzene rings is 1. The van der Waals surface area contributed by atoms with Gasteiger partial charge in [-0.05, 0) is 36.6 Å². The number of amides is 1. The SMILES string of the molecule is CON(C)C(=O)c1cc(-c2ccc(S(C)(=O)=O)cc2)n(C2CCCCC2)n1.[CH3][Al]([CH3])[CH3]. The summed E-state index contributed by atoms with van der Waals surface area (Å²) in [6.45, 7) is 0. The highest BCUT2D eigenvalue weighted by Gasteiger charge is 2.24. The molecule has 7 nitrogen and oxygen atoms in total. The molecule has 1 aliphatic rings. The van der Waals surface area contributed by atoms with Crippen LogP contribution in [0.1, 0.15) is 48.6 Å². The zero-order valence-corrected chi connectivity index (χ0v) is 21.4. The smallest absolute Gasteiger partial charge is 0.274 e. The van der Waals surface area contributed by atoms with Gasteiger partial charge in [-0.25, -0.2) is 13.5 Å². The first kappa shape index (κ1) is 25.6. The van der Waals surface area contributed by atoms with Crippen molar-refractivity contribution < 1.29 is 18.0 Å². The van der Waals surface area contributed by atoms with Crippen molar-refractivity contribution in [2.75, 3.05) is 20.4 Å². The molecular weight excluding hydrogens is 429 g/mol. The molecule has 0 atom stereocenters. The van der Waals surface area contributed by atoms with Crippen LogP contribution in [0, 0.1) is 0 Å². The number of carbonyl (C=O) groups is 1. The highest BCUT2D eigenvalue weighted by molar-refractivity contribution is 7.90. The Morgan fingerprint density at radius 2 is 1.68 bits per heavy atom. The van der Waals surface area contributed by atoms with E-state index >= 15 is 0 Å². The van der Waals surface area contributed by atoms with Gasteiger partial charge >= 0.3 is 0 Å². The third kappa shape index (κ3) is 7.18. The van der Waals surface area contributed by atoms with Crippen LogP contribution in [0.25, 0.3) is 11.3 Å². The molecule has 0 saturated heterocycles. The summed E-state index contributed by atoms with van der Waals surface area (Å²) in [4.78, 5) is 17.7. The Morgan fingerprint density at radius 1 is 1.13 bits per heavy atom. The fourth-order valence-corrected chi connectivity index (χ4v) is 4.07. The van der Waals surface area contributed by atoms with Crippen LogP contribution in [0.3, 0.4) is 0 Å². The lowest BCUT2D eigenvalue weighted by Crippen LogP contribution is -2.26. The number of hydrogen-bond acceptors (Lipinski definition) is 5. The standard InChI is InChI=1S/C19H25N3O4S.3CH3.Al/c1-21(26-2)19(23)17-13-18(22(20-17)15-7-5-4-6-8-15)14-9-11-16(12-10-14)27(3,24)25;;;;/h9-13,15H,4-8H2,1-3H3;3*1H3;. The largest absolute Gasteiger partial charge is 0.297 e. The van der Waals surface area contributed by atoms with Crippen molar-refractivity contribution in [3.8, 4) is 11.3 Å². The van der Waals surface area contributed by atoms with Crippen molar-refractivity contribution in [3.63, 3.8) is 0 Å². The molecule has 2 aromatic rings. The van der Waals surface area contributed by atoms with Crippen LogP contribution >= 0.6 is 0 Å².